The van der Waals surface area contributed by atoms with Gasteiger partial charge in [-0.3, -0.25) is 10.1 Å². The standard InChI is InChI=1S/C14H16N4O3/c1-8(2)10-5-4-9(3)6-11(10)21-14-12(18(19)20)13(15)16-7-17-14/h4-8H,1-3H3,(H2,15,16,17). The third kappa shape index (κ3) is 3.07. The molecule has 110 valence electrons. The third-order valence-corrected chi connectivity index (χ3v) is 3.00. The van der Waals surface area contributed by atoms with E-state index >= 15 is 0 Å². The fourth-order valence-corrected chi connectivity index (χ4v) is 1.93. The molecule has 0 unspecified atom stereocenters. The number of nitrogens with two attached hydrogens (primary N) is 1. The van der Waals surface area contributed by atoms with Gasteiger partial charge in [0.25, 0.3) is 0 Å². The summed E-state index contributed by atoms with van der Waals surface area (Å²) in [5.74, 6) is 0.369. The Morgan fingerprint density at radius 2 is 2.05 bits per heavy atom. The van der Waals surface area contributed by atoms with Crippen LogP contribution in [0.25, 0.3) is 0 Å². The van der Waals surface area contributed by atoms with Gasteiger partial charge in [-0.1, -0.05) is 26.0 Å². The molecule has 7 nitrogen and oxygen atoms in total. The van der Waals surface area contributed by atoms with Crippen LogP contribution in [0.15, 0.2) is 24.5 Å². The van der Waals surface area contributed by atoms with Crippen molar-refractivity contribution in [2.75, 3.05) is 5.73 Å². The largest absolute Gasteiger partial charge is 0.433 e. The molecule has 1 heterocycles. The van der Waals surface area contributed by atoms with Gasteiger partial charge in [-0.05, 0) is 30.0 Å². The smallest absolute Gasteiger partial charge is 0.372 e. The molecule has 0 aliphatic carbocycles. The number of benzene rings is 1. The Morgan fingerprint density at radius 1 is 1.33 bits per heavy atom. The highest BCUT2D eigenvalue weighted by atomic mass is 16.6. The van der Waals surface area contributed by atoms with Crippen molar-refractivity contribution in [1.82, 2.24) is 9.97 Å². The highest BCUT2D eigenvalue weighted by Gasteiger charge is 2.24. The lowest BCUT2D eigenvalue weighted by molar-refractivity contribution is -0.385. The summed E-state index contributed by atoms with van der Waals surface area (Å²) in [6.07, 6.45) is 1.14. The van der Waals surface area contributed by atoms with Gasteiger partial charge < -0.3 is 10.5 Å². The van der Waals surface area contributed by atoms with Gasteiger partial charge in [-0.2, -0.15) is 4.98 Å². The molecular weight excluding hydrogens is 272 g/mol. The number of hydrogen-bond acceptors (Lipinski definition) is 6. The van der Waals surface area contributed by atoms with Crippen LogP contribution in [0.3, 0.4) is 0 Å². The lowest BCUT2D eigenvalue weighted by Crippen LogP contribution is -2.04. The molecular formula is C14H16N4O3. The van der Waals surface area contributed by atoms with E-state index in [9.17, 15) is 10.1 Å². The van der Waals surface area contributed by atoms with Crippen LogP contribution in [0.1, 0.15) is 30.9 Å². The summed E-state index contributed by atoms with van der Waals surface area (Å²) >= 11 is 0. The Balaban J connectivity index is 2.50. The Labute approximate surface area is 121 Å². The van der Waals surface area contributed by atoms with Crippen molar-refractivity contribution in [2.24, 2.45) is 0 Å². The molecule has 0 aliphatic heterocycles. The lowest BCUT2D eigenvalue weighted by atomic mass is 10.0. The lowest BCUT2D eigenvalue weighted by Gasteiger charge is -2.14. The van der Waals surface area contributed by atoms with Crippen molar-refractivity contribution < 1.29 is 9.66 Å². The summed E-state index contributed by atoms with van der Waals surface area (Å²) in [7, 11) is 0. The minimum atomic E-state index is -0.643. The second-order valence-corrected chi connectivity index (χ2v) is 4.97. The van der Waals surface area contributed by atoms with E-state index in [1.165, 1.54) is 0 Å². The monoisotopic (exact) mass is 288 g/mol. The number of hydrogen-bond donors (Lipinski definition) is 1. The molecule has 1 aromatic carbocycles. The Morgan fingerprint density at radius 3 is 2.67 bits per heavy atom. The summed E-state index contributed by atoms with van der Waals surface area (Å²) < 4.78 is 5.65. The molecule has 2 rings (SSSR count). The molecule has 1 aromatic heterocycles. The molecule has 2 aromatic rings. The molecule has 0 atom stereocenters. The van der Waals surface area contributed by atoms with Crippen LogP contribution < -0.4 is 10.5 Å². The maximum atomic E-state index is 11.1. The van der Waals surface area contributed by atoms with Crippen molar-refractivity contribution >= 4 is 11.5 Å². The van der Waals surface area contributed by atoms with Crippen LogP contribution in [0.4, 0.5) is 11.5 Å². The molecule has 0 amide bonds. The molecule has 0 spiro atoms. The quantitative estimate of drug-likeness (QED) is 0.684. The van der Waals surface area contributed by atoms with E-state index in [0.717, 1.165) is 17.5 Å². The van der Waals surface area contributed by atoms with Gasteiger partial charge in [-0.25, -0.2) is 4.98 Å². The molecule has 21 heavy (non-hydrogen) atoms. The number of nitrogens with zero attached hydrogens (tertiary/aromatic N) is 3. The number of aromatic nitrogens is 2. The normalized spacial score (nSPS) is 10.7. The molecule has 0 saturated heterocycles. The van der Waals surface area contributed by atoms with Gasteiger partial charge in [0, 0.05) is 0 Å². The zero-order valence-electron chi connectivity index (χ0n) is 12.0. The van der Waals surface area contributed by atoms with Crippen molar-refractivity contribution in [3.8, 4) is 11.6 Å². The van der Waals surface area contributed by atoms with Gasteiger partial charge in [-0.15, -0.1) is 0 Å². The molecule has 0 bridgehead atoms. The van der Waals surface area contributed by atoms with Crippen molar-refractivity contribution in [3.63, 3.8) is 0 Å². The first-order valence-corrected chi connectivity index (χ1v) is 6.43. The average molecular weight is 288 g/mol. The van der Waals surface area contributed by atoms with Gasteiger partial charge in [0.1, 0.15) is 12.1 Å². The van der Waals surface area contributed by atoms with Crippen LogP contribution in [-0.4, -0.2) is 14.9 Å². The first-order valence-electron chi connectivity index (χ1n) is 6.43. The van der Waals surface area contributed by atoms with Crippen LogP contribution >= 0.6 is 0 Å². The van der Waals surface area contributed by atoms with Gasteiger partial charge in [0.2, 0.25) is 5.82 Å². The van der Waals surface area contributed by atoms with E-state index in [2.05, 4.69) is 9.97 Å². The third-order valence-electron chi connectivity index (χ3n) is 3.00. The van der Waals surface area contributed by atoms with E-state index in [-0.39, 0.29) is 17.6 Å². The van der Waals surface area contributed by atoms with Crippen molar-refractivity contribution in [3.05, 3.63) is 45.8 Å². The topological polar surface area (TPSA) is 104 Å². The highest BCUT2D eigenvalue weighted by molar-refractivity contribution is 5.59. The van der Waals surface area contributed by atoms with E-state index < -0.39 is 10.6 Å². The molecule has 2 N–H and O–H groups in total. The van der Waals surface area contributed by atoms with Gasteiger partial charge in [0.15, 0.2) is 0 Å². The SMILES string of the molecule is Cc1ccc(C(C)C)c(Oc2ncnc(N)c2[N+](=O)[O-])c1. The van der Waals surface area contributed by atoms with E-state index in [1.54, 1.807) is 0 Å². The number of ether oxygens (including phenoxy) is 1. The number of rotatable bonds is 4. The van der Waals surface area contributed by atoms with Crippen LogP contribution in [0.5, 0.6) is 11.6 Å². The second-order valence-electron chi connectivity index (χ2n) is 4.97. The zero-order valence-corrected chi connectivity index (χ0v) is 12.0. The van der Waals surface area contributed by atoms with E-state index in [4.69, 9.17) is 10.5 Å². The fourth-order valence-electron chi connectivity index (χ4n) is 1.93. The fraction of sp³-hybridized carbons (Fsp3) is 0.286. The van der Waals surface area contributed by atoms with Crippen LogP contribution in [-0.2, 0) is 0 Å². The number of nitrogen functional groups attached to an aromatic ring is 1. The summed E-state index contributed by atoms with van der Waals surface area (Å²) in [6.45, 7) is 5.94. The Bertz CT molecular complexity index is 686. The van der Waals surface area contributed by atoms with E-state index in [0.29, 0.717) is 5.75 Å². The minimum Gasteiger partial charge on any atom is -0.433 e. The number of aryl methyl sites for hydroxylation is 1. The molecule has 7 heteroatoms. The van der Waals surface area contributed by atoms with Crippen LogP contribution in [0.2, 0.25) is 0 Å². The van der Waals surface area contributed by atoms with E-state index in [1.807, 2.05) is 39.0 Å². The van der Waals surface area contributed by atoms with Crippen molar-refractivity contribution in [1.29, 1.82) is 0 Å². The maximum Gasteiger partial charge on any atom is 0.372 e. The van der Waals surface area contributed by atoms with Gasteiger partial charge in [0.05, 0.1) is 4.92 Å². The molecule has 0 aliphatic rings. The molecule has 0 radical (unpaired) electrons. The van der Waals surface area contributed by atoms with Crippen LogP contribution in [0, 0.1) is 17.0 Å². The molecule has 0 fully saturated rings. The minimum absolute atomic E-state index is 0.153. The van der Waals surface area contributed by atoms with Gasteiger partial charge >= 0.3 is 11.6 Å². The predicted molar refractivity (Wildman–Crippen MR) is 78.4 cm³/mol. The first kappa shape index (κ1) is 14.7. The highest BCUT2D eigenvalue weighted by Crippen LogP contribution is 2.36. The number of anilines is 1. The predicted octanol–water partition coefficient (Wildman–Crippen LogP) is 3.19. The Kier molecular flexibility index (Phi) is 4.02. The van der Waals surface area contributed by atoms with Crippen molar-refractivity contribution in [2.45, 2.75) is 26.7 Å². The summed E-state index contributed by atoms with van der Waals surface area (Å²) in [5, 5.41) is 11.1. The maximum absolute atomic E-state index is 11.1. The first-order chi connectivity index (χ1) is 9.90. The average Bonchev–Trinajstić information content (AvgIpc) is 2.37. The second kappa shape index (κ2) is 5.74. The summed E-state index contributed by atoms with van der Waals surface area (Å²) in [6, 6.07) is 5.72. The zero-order chi connectivity index (χ0) is 15.6. The summed E-state index contributed by atoms with van der Waals surface area (Å²) in [5.41, 5.74) is 7.03. The Hall–Kier alpha value is -2.70. The molecule has 0 saturated carbocycles. The summed E-state index contributed by atoms with van der Waals surface area (Å²) in [4.78, 5) is 17.9. The number of nitro groups is 1.